The summed E-state index contributed by atoms with van der Waals surface area (Å²) in [5.74, 6) is -1.86. The van der Waals surface area contributed by atoms with Crippen molar-refractivity contribution < 1.29 is 22.7 Å². The lowest BCUT2D eigenvalue weighted by Crippen LogP contribution is -2.56. The third kappa shape index (κ3) is 3.61. The summed E-state index contributed by atoms with van der Waals surface area (Å²) in [6, 6.07) is 3.38. The highest BCUT2D eigenvalue weighted by molar-refractivity contribution is 9.10. The number of carbonyl (C=O) groups is 1. The van der Waals surface area contributed by atoms with Gasteiger partial charge in [-0.05, 0) is 61.8 Å². The van der Waals surface area contributed by atoms with Crippen LogP contribution < -0.4 is 4.72 Å². The third-order valence-corrected chi connectivity index (χ3v) is 5.98. The molecule has 5 nitrogen and oxygen atoms in total. The monoisotopic (exact) mass is 381 g/mol. The maximum Gasteiger partial charge on any atom is 0.310 e. The summed E-state index contributed by atoms with van der Waals surface area (Å²) in [7, 11) is -4.05. The van der Waals surface area contributed by atoms with Crippen molar-refractivity contribution in [2.45, 2.75) is 38.1 Å². The Bertz CT molecular complexity index is 671. The second-order valence-corrected chi connectivity index (χ2v) is 8.27. The van der Waals surface area contributed by atoms with Gasteiger partial charge >= 0.3 is 5.97 Å². The van der Waals surface area contributed by atoms with Gasteiger partial charge < -0.3 is 5.11 Å². The molecule has 21 heavy (non-hydrogen) atoms. The number of nitrogens with one attached hydrogen (secondary N) is 1. The van der Waals surface area contributed by atoms with Crippen LogP contribution in [0.15, 0.2) is 27.6 Å². The lowest BCUT2D eigenvalue weighted by atomic mass is 9.75. The number of sulfonamides is 1. The molecule has 118 valence electrons. The Balaban J connectivity index is 3.21. The molecule has 0 fully saturated rings. The zero-order valence-corrected chi connectivity index (χ0v) is 14.5. The lowest BCUT2D eigenvalue weighted by Gasteiger charge is -2.38. The number of hydrogen-bond donors (Lipinski definition) is 2. The van der Waals surface area contributed by atoms with Gasteiger partial charge in [-0.15, -0.1) is 0 Å². The quantitative estimate of drug-likeness (QED) is 0.821. The van der Waals surface area contributed by atoms with Crippen molar-refractivity contribution in [2.24, 2.45) is 5.41 Å². The Morgan fingerprint density at radius 2 is 1.81 bits per heavy atom. The fraction of sp³-hybridized carbons (Fsp3) is 0.462. The fourth-order valence-corrected chi connectivity index (χ4v) is 3.23. The van der Waals surface area contributed by atoms with Crippen LogP contribution in [-0.4, -0.2) is 25.0 Å². The van der Waals surface area contributed by atoms with Gasteiger partial charge in [0.15, 0.2) is 0 Å². The number of benzene rings is 1. The molecule has 1 aromatic carbocycles. The summed E-state index contributed by atoms with van der Waals surface area (Å²) < 4.78 is 40.5. The van der Waals surface area contributed by atoms with E-state index in [4.69, 9.17) is 0 Å². The molecule has 0 bridgehead atoms. The highest BCUT2D eigenvalue weighted by atomic mass is 79.9. The molecule has 0 heterocycles. The Labute approximate surface area is 131 Å². The predicted molar refractivity (Wildman–Crippen MR) is 79.9 cm³/mol. The van der Waals surface area contributed by atoms with Crippen molar-refractivity contribution in [3.63, 3.8) is 0 Å². The van der Waals surface area contributed by atoms with Gasteiger partial charge in [0.05, 0.1) is 14.8 Å². The molecular weight excluding hydrogens is 365 g/mol. The molecule has 0 saturated heterocycles. The van der Waals surface area contributed by atoms with Crippen molar-refractivity contribution in [3.05, 3.63) is 28.5 Å². The SMILES string of the molecule is CC(C)(NS(=O)(=O)c1ccc(Br)c(F)c1)C(C)(C)C(=O)O. The van der Waals surface area contributed by atoms with Crippen LogP contribution in [0.1, 0.15) is 27.7 Å². The highest BCUT2D eigenvalue weighted by Crippen LogP contribution is 2.32. The largest absolute Gasteiger partial charge is 0.481 e. The molecule has 0 saturated carbocycles. The number of aliphatic carboxylic acids is 1. The summed E-state index contributed by atoms with van der Waals surface area (Å²) >= 11 is 2.94. The van der Waals surface area contributed by atoms with E-state index in [2.05, 4.69) is 20.7 Å². The van der Waals surface area contributed by atoms with E-state index in [-0.39, 0.29) is 9.37 Å². The van der Waals surface area contributed by atoms with E-state index in [0.717, 1.165) is 6.07 Å². The van der Waals surface area contributed by atoms with Gasteiger partial charge in [-0.3, -0.25) is 4.79 Å². The zero-order valence-electron chi connectivity index (χ0n) is 12.1. The minimum absolute atomic E-state index is 0.145. The zero-order chi connectivity index (χ0) is 16.6. The van der Waals surface area contributed by atoms with E-state index in [1.165, 1.54) is 39.8 Å². The molecule has 0 aliphatic carbocycles. The highest BCUT2D eigenvalue weighted by Gasteiger charge is 2.46. The standard InChI is InChI=1S/C13H17BrFNO4S/c1-12(2,11(17)18)13(3,4)16-21(19,20)8-5-6-9(14)10(15)7-8/h5-7,16H,1-4H3,(H,17,18). The number of rotatable bonds is 5. The van der Waals surface area contributed by atoms with Crippen LogP contribution in [0.3, 0.4) is 0 Å². The maximum atomic E-state index is 13.5. The molecule has 0 unspecified atom stereocenters. The maximum absolute atomic E-state index is 13.5. The molecule has 2 N–H and O–H groups in total. The predicted octanol–water partition coefficient (Wildman–Crippen LogP) is 2.76. The van der Waals surface area contributed by atoms with Gasteiger partial charge in [0.1, 0.15) is 5.82 Å². The number of hydrogen-bond acceptors (Lipinski definition) is 3. The average molecular weight is 382 g/mol. The van der Waals surface area contributed by atoms with E-state index in [1.54, 1.807) is 0 Å². The molecule has 0 amide bonds. The van der Waals surface area contributed by atoms with Crippen molar-refractivity contribution in [2.75, 3.05) is 0 Å². The van der Waals surface area contributed by atoms with Crippen LogP contribution in [0.25, 0.3) is 0 Å². The Morgan fingerprint density at radius 1 is 1.29 bits per heavy atom. The van der Waals surface area contributed by atoms with E-state index in [1.807, 2.05) is 0 Å². The van der Waals surface area contributed by atoms with Crippen LogP contribution >= 0.6 is 15.9 Å². The van der Waals surface area contributed by atoms with Gasteiger partial charge in [0, 0.05) is 5.54 Å². The first-order valence-corrected chi connectivity index (χ1v) is 8.31. The molecule has 0 atom stereocenters. The second-order valence-electron chi connectivity index (χ2n) is 5.74. The van der Waals surface area contributed by atoms with E-state index in [9.17, 15) is 22.7 Å². The first kappa shape index (κ1) is 18.1. The lowest BCUT2D eigenvalue weighted by molar-refractivity contribution is -0.150. The summed E-state index contributed by atoms with van der Waals surface area (Å²) in [6.07, 6.45) is 0. The summed E-state index contributed by atoms with van der Waals surface area (Å²) in [5.41, 5.74) is -2.63. The number of carboxylic acid groups (broad SMARTS) is 1. The van der Waals surface area contributed by atoms with Gasteiger partial charge in [-0.2, -0.15) is 0 Å². The molecule has 8 heteroatoms. The molecular formula is C13H17BrFNO4S. The number of carboxylic acids is 1. The summed E-state index contributed by atoms with van der Waals surface area (Å²) in [5, 5.41) is 9.22. The fourth-order valence-electron chi connectivity index (χ4n) is 1.43. The van der Waals surface area contributed by atoms with Gasteiger partial charge in [0.25, 0.3) is 0 Å². The summed E-state index contributed by atoms with van der Waals surface area (Å²) in [6.45, 7) is 5.77. The Hall–Kier alpha value is -0.990. The Kier molecular flexibility index (Phi) is 4.87. The molecule has 0 aliphatic heterocycles. The molecule has 1 aromatic rings. The van der Waals surface area contributed by atoms with Gasteiger partial charge in [-0.1, -0.05) is 0 Å². The van der Waals surface area contributed by atoms with Gasteiger partial charge in [-0.25, -0.2) is 17.5 Å². The molecule has 0 aliphatic rings. The minimum Gasteiger partial charge on any atom is -0.481 e. The average Bonchev–Trinajstić information content (AvgIpc) is 2.30. The van der Waals surface area contributed by atoms with Crippen LogP contribution in [0.2, 0.25) is 0 Å². The first-order chi connectivity index (χ1) is 9.31. The summed E-state index contributed by atoms with van der Waals surface area (Å²) in [4.78, 5) is 11.0. The van der Waals surface area contributed by atoms with Crippen molar-refractivity contribution >= 4 is 31.9 Å². The topological polar surface area (TPSA) is 83.5 Å². The van der Waals surface area contributed by atoms with E-state index in [0.29, 0.717) is 0 Å². The van der Waals surface area contributed by atoms with E-state index < -0.39 is 32.8 Å². The molecule has 1 rings (SSSR count). The number of halogens is 2. The normalized spacial score (nSPS) is 13.2. The van der Waals surface area contributed by atoms with Crippen LogP contribution in [0.4, 0.5) is 4.39 Å². The van der Waals surface area contributed by atoms with Crippen LogP contribution in [0, 0.1) is 11.2 Å². The van der Waals surface area contributed by atoms with E-state index >= 15 is 0 Å². The van der Waals surface area contributed by atoms with Crippen molar-refractivity contribution in [1.29, 1.82) is 0 Å². The minimum atomic E-state index is -4.05. The molecule has 0 aromatic heterocycles. The van der Waals surface area contributed by atoms with Crippen molar-refractivity contribution in [1.82, 2.24) is 4.72 Å². The smallest absolute Gasteiger partial charge is 0.310 e. The first-order valence-electron chi connectivity index (χ1n) is 6.04. The molecule has 0 spiro atoms. The van der Waals surface area contributed by atoms with Crippen LogP contribution in [-0.2, 0) is 14.8 Å². The third-order valence-electron chi connectivity index (χ3n) is 3.69. The Morgan fingerprint density at radius 3 is 2.24 bits per heavy atom. The van der Waals surface area contributed by atoms with Crippen molar-refractivity contribution in [3.8, 4) is 0 Å². The second kappa shape index (κ2) is 5.66. The van der Waals surface area contributed by atoms with Gasteiger partial charge in [0.2, 0.25) is 10.0 Å². The molecule has 0 radical (unpaired) electrons. The van der Waals surface area contributed by atoms with Crippen LogP contribution in [0.5, 0.6) is 0 Å².